The normalized spacial score (nSPS) is 12.4. The van der Waals surface area contributed by atoms with Gasteiger partial charge in [-0.05, 0) is 33.1 Å². The van der Waals surface area contributed by atoms with Gasteiger partial charge in [-0.3, -0.25) is 4.79 Å². The maximum absolute atomic E-state index is 12.1. The van der Waals surface area contributed by atoms with Crippen LogP contribution in [-0.2, 0) is 28.6 Å². The summed E-state index contributed by atoms with van der Waals surface area (Å²) in [5.41, 5.74) is -0.794. The number of hydrogen-bond acceptors (Lipinski definition) is 6. The van der Waals surface area contributed by atoms with Gasteiger partial charge in [0.1, 0.15) is 12.9 Å². The van der Waals surface area contributed by atoms with Gasteiger partial charge >= 0.3 is 17.9 Å². The van der Waals surface area contributed by atoms with Crippen molar-refractivity contribution < 1.29 is 28.6 Å². The van der Waals surface area contributed by atoms with E-state index in [2.05, 4.69) is 6.58 Å². The SMILES string of the molecule is C=C(C)C(=O)OCC(C)(C)C(=O)O/C=C(\C)C(=O)OCC(C)(C)C. The van der Waals surface area contributed by atoms with Crippen molar-refractivity contribution in [2.24, 2.45) is 10.8 Å². The molecule has 136 valence electrons. The molecule has 0 spiro atoms. The van der Waals surface area contributed by atoms with E-state index in [1.807, 2.05) is 20.8 Å². The average Bonchev–Trinajstić information content (AvgIpc) is 2.46. The minimum atomic E-state index is -1.06. The van der Waals surface area contributed by atoms with Crippen molar-refractivity contribution in [1.29, 1.82) is 0 Å². The number of carbonyl (C=O) groups is 3. The predicted octanol–water partition coefficient (Wildman–Crippen LogP) is 3.17. The third-order valence-electron chi connectivity index (χ3n) is 2.77. The van der Waals surface area contributed by atoms with Crippen molar-refractivity contribution >= 4 is 17.9 Å². The van der Waals surface area contributed by atoms with Gasteiger partial charge in [0.15, 0.2) is 0 Å². The predicted molar refractivity (Wildman–Crippen MR) is 89.8 cm³/mol. The first-order chi connectivity index (χ1) is 10.8. The molecule has 0 amide bonds. The lowest BCUT2D eigenvalue weighted by Crippen LogP contribution is -2.32. The topological polar surface area (TPSA) is 78.9 Å². The molecule has 6 nitrogen and oxygen atoms in total. The Morgan fingerprint density at radius 3 is 1.88 bits per heavy atom. The van der Waals surface area contributed by atoms with E-state index in [1.54, 1.807) is 13.8 Å². The molecule has 0 rings (SSSR count). The van der Waals surface area contributed by atoms with Crippen LogP contribution in [0.2, 0.25) is 0 Å². The van der Waals surface area contributed by atoms with E-state index in [-0.39, 0.29) is 29.8 Å². The Balaban J connectivity index is 4.59. The number of rotatable bonds is 7. The number of ether oxygens (including phenoxy) is 3. The van der Waals surface area contributed by atoms with Crippen LogP contribution < -0.4 is 0 Å². The van der Waals surface area contributed by atoms with Gasteiger partial charge in [-0.1, -0.05) is 27.4 Å². The van der Waals surface area contributed by atoms with Gasteiger partial charge < -0.3 is 14.2 Å². The Hall–Kier alpha value is -2.11. The molecule has 0 aromatic carbocycles. The Labute approximate surface area is 143 Å². The second-order valence-electron chi connectivity index (χ2n) is 7.58. The number of carbonyl (C=O) groups excluding carboxylic acids is 3. The summed E-state index contributed by atoms with van der Waals surface area (Å²) >= 11 is 0. The van der Waals surface area contributed by atoms with Crippen LogP contribution in [0.3, 0.4) is 0 Å². The maximum atomic E-state index is 12.1. The molecule has 24 heavy (non-hydrogen) atoms. The van der Waals surface area contributed by atoms with Crippen molar-refractivity contribution in [3.8, 4) is 0 Å². The molecule has 0 saturated heterocycles. The molecule has 0 aliphatic rings. The number of hydrogen-bond donors (Lipinski definition) is 0. The monoisotopic (exact) mass is 340 g/mol. The smallest absolute Gasteiger partial charge is 0.336 e. The van der Waals surface area contributed by atoms with Crippen molar-refractivity contribution in [2.45, 2.75) is 48.5 Å². The van der Waals surface area contributed by atoms with Gasteiger partial charge in [0.2, 0.25) is 0 Å². The summed E-state index contributed by atoms with van der Waals surface area (Å²) in [5, 5.41) is 0. The molecule has 0 aliphatic carbocycles. The van der Waals surface area contributed by atoms with Gasteiger partial charge in [-0.15, -0.1) is 0 Å². The number of esters is 3. The average molecular weight is 340 g/mol. The molecule has 0 aliphatic heterocycles. The van der Waals surface area contributed by atoms with Crippen LogP contribution in [0.1, 0.15) is 48.5 Å². The van der Waals surface area contributed by atoms with E-state index in [4.69, 9.17) is 14.2 Å². The Kier molecular flexibility index (Phi) is 7.90. The molecular weight excluding hydrogens is 312 g/mol. The van der Waals surface area contributed by atoms with Gasteiger partial charge in [-0.25, -0.2) is 9.59 Å². The van der Waals surface area contributed by atoms with Crippen LogP contribution in [0.5, 0.6) is 0 Å². The highest BCUT2D eigenvalue weighted by Gasteiger charge is 2.31. The van der Waals surface area contributed by atoms with Gasteiger partial charge in [0.25, 0.3) is 0 Å². The van der Waals surface area contributed by atoms with E-state index in [0.717, 1.165) is 6.26 Å². The molecule has 0 unspecified atom stereocenters. The molecule has 0 aromatic heterocycles. The quantitative estimate of drug-likeness (QED) is 0.306. The first-order valence-electron chi connectivity index (χ1n) is 7.64. The second-order valence-corrected chi connectivity index (χ2v) is 7.58. The summed E-state index contributed by atoms with van der Waals surface area (Å²) in [5.74, 6) is -1.75. The summed E-state index contributed by atoms with van der Waals surface area (Å²) in [6.45, 7) is 15.5. The van der Waals surface area contributed by atoms with Crippen LogP contribution in [0, 0.1) is 10.8 Å². The zero-order valence-corrected chi connectivity index (χ0v) is 15.6. The van der Waals surface area contributed by atoms with E-state index in [0.29, 0.717) is 0 Å². The first kappa shape index (κ1) is 21.9. The van der Waals surface area contributed by atoms with E-state index in [9.17, 15) is 14.4 Å². The molecule has 0 heterocycles. The first-order valence-corrected chi connectivity index (χ1v) is 7.64. The molecule has 0 N–H and O–H groups in total. The van der Waals surface area contributed by atoms with Crippen LogP contribution in [0.25, 0.3) is 0 Å². The molecule has 0 aromatic rings. The van der Waals surface area contributed by atoms with E-state index in [1.165, 1.54) is 13.8 Å². The third-order valence-corrected chi connectivity index (χ3v) is 2.77. The largest absolute Gasteiger partial charge is 0.462 e. The lowest BCUT2D eigenvalue weighted by Gasteiger charge is -2.21. The van der Waals surface area contributed by atoms with Crippen molar-refractivity contribution in [3.63, 3.8) is 0 Å². The molecule has 0 fully saturated rings. The fourth-order valence-electron chi connectivity index (χ4n) is 1.17. The van der Waals surface area contributed by atoms with Crippen molar-refractivity contribution in [1.82, 2.24) is 0 Å². The van der Waals surface area contributed by atoms with Crippen LogP contribution in [-0.4, -0.2) is 31.1 Å². The maximum Gasteiger partial charge on any atom is 0.336 e. The Morgan fingerprint density at radius 2 is 1.42 bits per heavy atom. The Morgan fingerprint density at radius 1 is 0.917 bits per heavy atom. The lowest BCUT2D eigenvalue weighted by molar-refractivity contribution is -0.155. The highest BCUT2D eigenvalue weighted by molar-refractivity contribution is 5.88. The third kappa shape index (κ3) is 8.50. The molecule has 6 heteroatoms. The molecule has 0 saturated carbocycles. The van der Waals surface area contributed by atoms with Crippen molar-refractivity contribution in [2.75, 3.05) is 13.2 Å². The zero-order chi connectivity index (χ0) is 19.1. The molecule has 0 radical (unpaired) electrons. The summed E-state index contributed by atoms with van der Waals surface area (Å²) < 4.78 is 15.1. The van der Waals surface area contributed by atoms with Crippen molar-refractivity contribution in [3.05, 3.63) is 24.0 Å². The molecular formula is C18H28O6. The second kappa shape index (κ2) is 8.66. The minimum absolute atomic E-state index is 0.151. The highest BCUT2D eigenvalue weighted by atomic mass is 16.6. The summed E-state index contributed by atoms with van der Waals surface area (Å²) in [4.78, 5) is 35.2. The minimum Gasteiger partial charge on any atom is -0.462 e. The summed E-state index contributed by atoms with van der Waals surface area (Å²) in [7, 11) is 0. The van der Waals surface area contributed by atoms with Crippen LogP contribution in [0.15, 0.2) is 24.0 Å². The van der Waals surface area contributed by atoms with E-state index >= 15 is 0 Å². The fraction of sp³-hybridized carbons (Fsp3) is 0.611. The highest BCUT2D eigenvalue weighted by Crippen LogP contribution is 2.19. The lowest BCUT2D eigenvalue weighted by atomic mass is 9.95. The zero-order valence-electron chi connectivity index (χ0n) is 15.6. The van der Waals surface area contributed by atoms with Gasteiger partial charge in [0, 0.05) is 5.57 Å². The standard InChI is InChI=1S/C18H28O6/c1-12(2)14(19)24-11-18(7,8)16(21)22-9-13(3)15(20)23-10-17(4,5)6/h9H,1,10-11H2,2-8H3/b13-9+. The van der Waals surface area contributed by atoms with Crippen LogP contribution in [0.4, 0.5) is 0 Å². The summed E-state index contributed by atoms with van der Waals surface area (Å²) in [6, 6.07) is 0. The Bertz CT molecular complexity index is 534. The molecule has 0 atom stereocenters. The van der Waals surface area contributed by atoms with Crippen LogP contribution >= 0.6 is 0 Å². The summed E-state index contributed by atoms with van der Waals surface area (Å²) in [6.07, 6.45) is 1.05. The van der Waals surface area contributed by atoms with Gasteiger partial charge in [-0.2, -0.15) is 0 Å². The fourth-order valence-corrected chi connectivity index (χ4v) is 1.17. The molecule has 0 bridgehead atoms. The van der Waals surface area contributed by atoms with Gasteiger partial charge in [0.05, 0.1) is 17.6 Å². The van der Waals surface area contributed by atoms with E-state index < -0.39 is 23.3 Å².